The second-order valence-electron chi connectivity index (χ2n) is 6.90. The van der Waals surface area contributed by atoms with Crippen LogP contribution < -0.4 is 9.47 Å². The van der Waals surface area contributed by atoms with E-state index < -0.39 is 17.6 Å². The van der Waals surface area contributed by atoms with Crippen LogP contribution in [0.15, 0.2) is 73.3 Å². The van der Waals surface area contributed by atoms with Crippen LogP contribution in [-0.4, -0.2) is 16.9 Å². The minimum Gasteiger partial charge on any atom is -0.508 e. The van der Waals surface area contributed by atoms with Gasteiger partial charge in [-0.2, -0.15) is 0 Å². The highest BCUT2D eigenvalue weighted by molar-refractivity contribution is 7.21. The molecule has 1 N–H and O–H groups in total. The van der Waals surface area contributed by atoms with Gasteiger partial charge in [0.15, 0.2) is 17.2 Å². The lowest BCUT2D eigenvalue weighted by molar-refractivity contribution is -0.129. The summed E-state index contributed by atoms with van der Waals surface area (Å²) in [7, 11) is 0. The maximum absolute atomic E-state index is 13.9. The van der Waals surface area contributed by atoms with Crippen LogP contribution in [0.5, 0.6) is 23.0 Å². The van der Waals surface area contributed by atoms with Crippen molar-refractivity contribution in [3.05, 3.63) is 95.1 Å². The van der Waals surface area contributed by atoms with Crippen molar-refractivity contribution in [2.45, 2.75) is 6.92 Å². The molecule has 4 rings (SSSR count). The summed E-state index contributed by atoms with van der Waals surface area (Å²) >= 11 is 1.12. The first kappa shape index (κ1) is 21.3. The van der Waals surface area contributed by atoms with E-state index in [4.69, 9.17) is 9.47 Å². The first-order valence-electron chi connectivity index (χ1n) is 9.55. The quantitative estimate of drug-likeness (QED) is 0.165. The average Bonchev–Trinajstić information content (AvgIpc) is 3.13. The van der Waals surface area contributed by atoms with Gasteiger partial charge in [-0.1, -0.05) is 24.8 Å². The fourth-order valence-electron chi connectivity index (χ4n) is 3.15. The lowest BCUT2D eigenvalue weighted by Gasteiger charge is -2.12. The fraction of sp³-hybridized carbons (Fsp3) is 0.0400. The summed E-state index contributed by atoms with van der Waals surface area (Å²) in [4.78, 5) is 25.3. The highest BCUT2D eigenvalue weighted by Crippen LogP contribution is 2.44. The zero-order chi connectivity index (χ0) is 22.8. The Morgan fingerprint density at radius 1 is 1.06 bits per heavy atom. The molecule has 0 fully saturated rings. The predicted octanol–water partition coefficient (Wildman–Crippen LogP) is 6.17. The van der Waals surface area contributed by atoms with Crippen LogP contribution in [0.25, 0.3) is 10.1 Å². The molecule has 5 nitrogen and oxygen atoms in total. The van der Waals surface area contributed by atoms with Gasteiger partial charge >= 0.3 is 5.97 Å². The zero-order valence-corrected chi connectivity index (χ0v) is 17.7. The number of aryl methyl sites for hydroxylation is 1. The molecule has 0 saturated carbocycles. The summed E-state index contributed by atoms with van der Waals surface area (Å²) in [6.07, 6.45) is 1.03. The molecule has 0 aliphatic carbocycles. The standard InChI is InChI=1S/C25H17FO5S/c1-3-22(28)30-19-6-4-5-7-20(19)31-24-17-11-10-16(27)13-21(17)32-25(24)23(29)18-12-15(26)9-8-14(18)2/h3-13,27H,1H2,2H3. The minimum absolute atomic E-state index is 0.0338. The highest BCUT2D eigenvalue weighted by atomic mass is 32.1. The molecular formula is C25H17FO5S. The Labute approximate surface area is 187 Å². The molecule has 4 aromatic rings. The number of esters is 1. The number of carbonyl (C=O) groups is 2. The van der Waals surface area contributed by atoms with E-state index in [1.54, 1.807) is 37.3 Å². The number of phenolic OH excluding ortho intramolecular Hbond substituents is 1. The zero-order valence-electron chi connectivity index (χ0n) is 16.9. The summed E-state index contributed by atoms with van der Waals surface area (Å²) in [5.41, 5.74) is 0.819. The largest absolute Gasteiger partial charge is 0.508 e. The number of ether oxygens (including phenoxy) is 2. The van der Waals surface area contributed by atoms with Crippen LogP contribution in [0.4, 0.5) is 4.39 Å². The highest BCUT2D eigenvalue weighted by Gasteiger charge is 2.24. The topological polar surface area (TPSA) is 72.8 Å². The number of hydrogen-bond acceptors (Lipinski definition) is 6. The second kappa shape index (κ2) is 8.64. The minimum atomic E-state index is -0.659. The third kappa shape index (κ3) is 4.10. The number of aromatic hydroxyl groups is 1. The number of para-hydroxylation sites is 2. The van der Waals surface area contributed by atoms with E-state index in [-0.39, 0.29) is 33.4 Å². The number of phenols is 1. The number of benzene rings is 3. The summed E-state index contributed by atoms with van der Waals surface area (Å²) in [5, 5.41) is 10.5. The lowest BCUT2D eigenvalue weighted by atomic mass is 10.0. The third-order valence-electron chi connectivity index (χ3n) is 4.72. The van der Waals surface area contributed by atoms with Crippen molar-refractivity contribution in [3.63, 3.8) is 0 Å². The van der Waals surface area contributed by atoms with Gasteiger partial charge in [0.2, 0.25) is 5.78 Å². The van der Waals surface area contributed by atoms with Crippen LogP contribution in [0.1, 0.15) is 20.8 Å². The van der Waals surface area contributed by atoms with Crippen molar-refractivity contribution in [1.29, 1.82) is 0 Å². The number of rotatable bonds is 6. The van der Waals surface area contributed by atoms with Crippen LogP contribution in [-0.2, 0) is 4.79 Å². The SMILES string of the molecule is C=CC(=O)Oc1ccccc1Oc1c(C(=O)c2cc(F)ccc2C)sc2cc(O)ccc12. The van der Waals surface area contributed by atoms with Gasteiger partial charge in [0, 0.05) is 21.7 Å². The average molecular weight is 448 g/mol. The number of thiophene rings is 1. The van der Waals surface area contributed by atoms with Crippen molar-refractivity contribution >= 4 is 33.2 Å². The smallest absolute Gasteiger partial charge is 0.335 e. The van der Waals surface area contributed by atoms with Gasteiger partial charge in [-0.15, -0.1) is 11.3 Å². The van der Waals surface area contributed by atoms with Crippen molar-refractivity contribution in [1.82, 2.24) is 0 Å². The van der Waals surface area contributed by atoms with Gasteiger partial charge in [0.1, 0.15) is 16.4 Å². The van der Waals surface area contributed by atoms with Gasteiger partial charge in [-0.3, -0.25) is 4.79 Å². The Balaban J connectivity index is 1.86. The molecule has 0 saturated heterocycles. The maximum Gasteiger partial charge on any atom is 0.335 e. The van der Waals surface area contributed by atoms with Crippen molar-refractivity contribution in [2.24, 2.45) is 0 Å². The number of halogens is 1. The lowest BCUT2D eigenvalue weighted by Crippen LogP contribution is -2.06. The summed E-state index contributed by atoms with van der Waals surface area (Å²) in [5.74, 6) is -0.989. The Kier molecular flexibility index (Phi) is 5.75. The molecule has 32 heavy (non-hydrogen) atoms. The molecule has 0 radical (unpaired) electrons. The fourth-order valence-corrected chi connectivity index (χ4v) is 4.27. The first-order chi connectivity index (χ1) is 15.4. The molecule has 0 unspecified atom stereocenters. The van der Waals surface area contributed by atoms with Crippen LogP contribution >= 0.6 is 11.3 Å². The maximum atomic E-state index is 13.9. The number of carbonyl (C=O) groups excluding carboxylic acids is 2. The van der Waals surface area contributed by atoms with Crippen molar-refractivity contribution < 1.29 is 28.6 Å². The van der Waals surface area contributed by atoms with E-state index in [0.29, 0.717) is 15.6 Å². The molecule has 7 heteroatoms. The van der Waals surface area contributed by atoms with Gasteiger partial charge < -0.3 is 14.6 Å². The molecule has 1 heterocycles. The van der Waals surface area contributed by atoms with E-state index in [1.807, 2.05) is 0 Å². The van der Waals surface area contributed by atoms with E-state index in [1.165, 1.54) is 30.3 Å². The molecule has 0 amide bonds. The molecule has 0 spiro atoms. The number of fused-ring (bicyclic) bond motifs is 1. The van der Waals surface area contributed by atoms with Gasteiger partial charge in [0.25, 0.3) is 0 Å². The van der Waals surface area contributed by atoms with Crippen molar-refractivity contribution in [3.8, 4) is 23.0 Å². The van der Waals surface area contributed by atoms with Gasteiger partial charge in [-0.25, -0.2) is 9.18 Å². The molecular weight excluding hydrogens is 431 g/mol. The Morgan fingerprint density at radius 3 is 2.56 bits per heavy atom. The Bertz CT molecular complexity index is 1370. The summed E-state index contributed by atoms with van der Waals surface area (Å²) < 4.78 is 25.8. The van der Waals surface area contributed by atoms with E-state index in [2.05, 4.69) is 6.58 Å². The van der Waals surface area contributed by atoms with Crippen LogP contribution in [0.2, 0.25) is 0 Å². The normalized spacial score (nSPS) is 10.7. The second-order valence-corrected chi connectivity index (χ2v) is 7.96. The molecule has 0 aliphatic heterocycles. The van der Waals surface area contributed by atoms with Gasteiger partial charge in [-0.05, 0) is 55.0 Å². The Morgan fingerprint density at radius 2 is 1.81 bits per heavy atom. The Hall–Kier alpha value is -3.97. The van der Waals surface area contributed by atoms with E-state index in [0.717, 1.165) is 17.4 Å². The third-order valence-corrected chi connectivity index (χ3v) is 5.85. The molecule has 1 aromatic heterocycles. The van der Waals surface area contributed by atoms with Gasteiger partial charge in [0.05, 0.1) is 0 Å². The molecule has 160 valence electrons. The van der Waals surface area contributed by atoms with Crippen LogP contribution in [0, 0.1) is 12.7 Å². The molecule has 0 atom stereocenters. The monoisotopic (exact) mass is 448 g/mol. The first-order valence-corrected chi connectivity index (χ1v) is 10.4. The summed E-state index contributed by atoms with van der Waals surface area (Å²) in [6, 6.07) is 15.1. The number of ketones is 1. The van der Waals surface area contributed by atoms with Crippen molar-refractivity contribution in [2.75, 3.05) is 0 Å². The van der Waals surface area contributed by atoms with Crippen LogP contribution in [0.3, 0.4) is 0 Å². The summed E-state index contributed by atoms with van der Waals surface area (Å²) in [6.45, 7) is 5.10. The number of hydrogen-bond donors (Lipinski definition) is 1. The molecule has 0 aliphatic rings. The van der Waals surface area contributed by atoms with E-state index in [9.17, 15) is 19.1 Å². The van der Waals surface area contributed by atoms with E-state index >= 15 is 0 Å². The molecule has 3 aromatic carbocycles. The predicted molar refractivity (Wildman–Crippen MR) is 120 cm³/mol. The molecule has 0 bridgehead atoms.